The van der Waals surface area contributed by atoms with Gasteiger partial charge in [-0.3, -0.25) is 9.78 Å². The van der Waals surface area contributed by atoms with Crippen LogP contribution in [0.4, 0.5) is 37.7 Å². The Labute approximate surface area is 195 Å². The molecule has 2 heterocycles. The van der Waals surface area contributed by atoms with E-state index in [0.29, 0.717) is 11.6 Å². The molecule has 0 saturated heterocycles. The normalized spacial score (nSPS) is 15.0. The van der Waals surface area contributed by atoms with E-state index in [1.54, 1.807) is 12.1 Å². The number of hydrogen-bond acceptors (Lipinski definition) is 5. The van der Waals surface area contributed by atoms with Gasteiger partial charge in [-0.1, -0.05) is 12.1 Å². The number of carbonyl (C=O) groups excluding carboxylic acids is 1. The lowest BCUT2D eigenvalue weighted by molar-refractivity contribution is -0.137. The third kappa shape index (κ3) is 4.67. The van der Waals surface area contributed by atoms with Crippen molar-refractivity contribution in [3.05, 3.63) is 82.9 Å². The van der Waals surface area contributed by atoms with Crippen LogP contribution in [0.2, 0.25) is 0 Å². The number of anilines is 2. The highest BCUT2D eigenvalue weighted by atomic mass is 32.2. The van der Waals surface area contributed by atoms with Gasteiger partial charge < -0.3 is 10.2 Å². The Morgan fingerprint density at radius 1 is 1.06 bits per heavy atom. The summed E-state index contributed by atoms with van der Waals surface area (Å²) in [5, 5.41) is 1.91. The Bertz CT molecular complexity index is 1410. The summed E-state index contributed by atoms with van der Waals surface area (Å²) >= 11 is 0. The van der Waals surface area contributed by atoms with Crippen LogP contribution >= 0.6 is 0 Å². The van der Waals surface area contributed by atoms with Gasteiger partial charge in [-0.15, -0.1) is 0 Å². The predicted octanol–water partition coefficient (Wildman–Crippen LogP) is 4.56. The number of aromatic nitrogens is 1. The maximum absolute atomic E-state index is 15.5. The summed E-state index contributed by atoms with van der Waals surface area (Å²) in [6.07, 6.45) is -1.89. The fraction of sp³-hybridized carbons (Fsp3) is 0.182. The van der Waals surface area contributed by atoms with Crippen LogP contribution in [0.15, 0.2) is 53.7 Å². The highest BCUT2D eigenvalue weighted by Crippen LogP contribution is 2.40. The highest BCUT2D eigenvalue weighted by Gasteiger charge is 2.40. The highest BCUT2D eigenvalue weighted by molar-refractivity contribution is 7.91. The van der Waals surface area contributed by atoms with Crippen molar-refractivity contribution >= 4 is 27.1 Å². The summed E-state index contributed by atoms with van der Waals surface area (Å²) in [6.45, 7) is -0.423. The second-order valence-corrected chi connectivity index (χ2v) is 9.68. The largest absolute Gasteiger partial charge is 0.416 e. The maximum Gasteiger partial charge on any atom is 0.416 e. The quantitative estimate of drug-likeness (QED) is 0.407. The summed E-state index contributed by atoms with van der Waals surface area (Å²) in [6, 6.07) is 6.40. The van der Waals surface area contributed by atoms with Crippen molar-refractivity contribution in [1.29, 1.82) is 0 Å². The summed E-state index contributed by atoms with van der Waals surface area (Å²) < 4.78 is 109. The molecule has 0 aliphatic carbocycles. The van der Waals surface area contributed by atoms with Crippen molar-refractivity contribution in [3.63, 3.8) is 0 Å². The molecule has 1 aromatic heterocycles. The Kier molecular flexibility index (Phi) is 6.21. The zero-order valence-corrected chi connectivity index (χ0v) is 18.4. The van der Waals surface area contributed by atoms with E-state index >= 15 is 4.39 Å². The molecule has 35 heavy (non-hydrogen) atoms. The van der Waals surface area contributed by atoms with Gasteiger partial charge in [0.2, 0.25) is 0 Å². The number of pyridine rings is 1. The molecule has 2 aromatic carbocycles. The van der Waals surface area contributed by atoms with Crippen molar-refractivity contribution in [2.24, 2.45) is 0 Å². The van der Waals surface area contributed by atoms with E-state index in [1.165, 1.54) is 12.4 Å². The monoisotopic (exact) mass is 515 g/mol. The van der Waals surface area contributed by atoms with E-state index in [1.807, 2.05) is 5.32 Å². The average molecular weight is 515 g/mol. The first kappa shape index (κ1) is 24.5. The first-order chi connectivity index (χ1) is 16.4. The van der Waals surface area contributed by atoms with Gasteiger partial charge in [0.25, 0.3) is 5.91 Å². The molecule has 3 aromatic rings. The van der Waals surface area contributed by atoms with E-state index in [9.17, 15) is 35.2 Å². The van der Waals surface area contributed by atoms with Crippen LogP contribution < -0.4 is 10.2 Å². The number of nitrogens with one attached hydrogen (secondary N) is 1. The molecule has 4 rings (SSSR count). The standard InChI is InChI=1S/C22H15F6N3O3S/c23-16-15(21(32)30-14-5-1-4-13(9-14)22(26,27)28)17(24)19-20(18(16)25)35(33,34)8-7-31(19)11-12-3-2-6-29-10-12/h1-6,9-10H,7-8,11H2,(H,30,32). The first-order valence-corrected chi connectivity index (χ1v) is 11.6. The van der Waals surface area contributed by atoms with Gasteiger partial charge in [0, 0.05) is 31.2 Å². The zero-order chi connectivity index (χ0) is 25.5. The number of benzene rings is 2. The lowest BCUT2D eigenvalue weighted by atomic mass is 10.1. The van der Waals surface area contributed by atoms with Crippen LogP contribution in [-0.4, -0.2) is 31.6 Å². The van der Waals surface area contributed by atoms with Crippen LogP contribution in [0.3, 0.4) is 0 Å². The summed E-state index contributed by atoms with van der Waals surface area (Å²) in [5.74, 6) is -7.91. The number of carbonyl (C=O) groups is 1. The number of fused-ring (bicyclic) bond motifs is 1. The van der Waals surface area contributed by atoms with Gasteiger partial charge in [-0.05, 0) is 29.8 Å². The Balaban J connectivity index is 1.80. The van der Waals surface area contributed by atoms with E-state index in [-0.39, 0.29) is 13.1 Å². The van der Waals surface area contributed by atoms with E-state index in [2.05, 4.69) is 4.98 Å². The minimum atomic E-state index is -4.75. The third-order valence-corrected chi connectivity index (χ3v) is 7.00. The summed E-state index contributed by atoms with van der Waals surface area (Å²) in [7, 11) is -4.44. The summed E-state index contributed by atoms with van der Waals surface area (Å²) in [4.78, 5) is 16.5. The van der Waals surface area contributed by atoms with Gasteiger partial charge in [0.05, 0.1) is 17.0 Å². The molecule has 0 fully saturated rings. The smallest absolute Gasteiger partial charge is 0.363 e. The number of rotatable bonds is 4. The second kappa shape index (κ2) is 8.87. The van der Waals surface area contributed by atoms with Crippen molar-refractivity contribution in [2.45, 2.75) is 17.6 Å². The van der Waals surface area contributed by atoms with E-state index < -0.39 is 72.5 Å². The lowest BCUT2D eigenvalue weighted by Crippen LogP contribution is -2.37. The molecule has 0 unspecified atom stereocenters. The average Bonchev–Trinajstić information content (AvgIpc) is 2.79. The van der Waals surface area contributed by atoms with Crippen LogP contribution in [-0.2, 0) is 22.6 Å². The SMILES string of the molecule is O=C(Nc1cccc(C(F)(F)F)c1)c1c(F)c(F)c2c(c1F)N(Cc1cccnc1)CCS2(=O)=O. The molecule has 1 aliphatic heterocycles. The molecule has 1 aliphatic rings. The van der Waals surface area contributed by atoms with Crippen molar-refractivity contribution in [3.8, 4) is 0 Å². The minimum absolute atomic E-state index is 0.132. The lowest BCUT2D eigenvalue weighted by Gasteiger charge is -2.32. The van der Waals surface area contributed by atoms with Gasteiger partial charge >= 0.3 is 6.18 Å². The molecule has 1 N–H and O–H groups in total. The van der Waals surface area contributed by atoms with Crippen molar-refractivity contribution < 1.29 is 39.6 Å². The minimum Gasteiger partial charge on any atom is -0.363 e. The second-order valence-electron chi connectivity index (χ2n) is 7.63. The molecular weight excluding hydrogens is 500 g/mol. The molecule has 6 nitrogen and oxygen atoms in total. The molecule has 184 valence electrons. The fourth-order valence-corrected chi connectivity index (χ4v) is 5.22. The third-order valence-electron chi connectivity index (χ3n) is 5.28. The molecule has 0 spiro atoms. The molecule has 0 radical (unpaired) electrons. The topological polar surface area (TPSA) is 79.4 Å². The molecular formula is C22H15F6N3O3S. The van der Waals surface area contributed by atoms with Crippen molar-refractivity contribution in [1.82, 2.24) is 4.98 Å². The van der Waals surface area contributed by atoms with E-state index in [4.69, 9.17) is 0 Å². The zero-order valence-electron chi connectivity index (χ0n) is 17.5. The number of nitrogens with zero attached hydrogens (tertiary/aromatic N) is 2. The molecule has 0 bridgehead atoms. The number of alkyl halides is 3. The van der Waals surface area contributed by atoms with Gasteiger partial charge in [0.1, 0.15) is 10.5 Å². The molecule has 1 amide bonds. The fourth-order valence-electron chi connectivity index (χ4n) is 3.67. The first-order valence-electron chi connectivity index (χ1n) is 9.96. The number of sulfone groups is 1. The van der Waals surface area contributed by atoms with Crippen LogP contribution in [0.25, 0.3) is 0 Å². The van der Waals surface area contributed by atoms with Crippen molar-refractivity contribution in [2.75, 3.05) is 22.5 Å². The maximum atomic E-state index is 15.5. The predicted molar refractivity (Wildman–Crippen MR) is 113 cm³/mol. The van der Waals surface area contributed by atoms with Crippen LogP contribution in [0, 0.1) is 17.5 Å². The number of amides is 1. The van der Waals surface area contributed by atoms with Crippen LogP contribution in [0.5, 0.6) is 0 Å². The molecule has 0 atom stereocenters. The van der Waals surface area contributed by atoms with Gasteiger partial charge in [-0.2, -0.15) is 13.2 Å². The van der Waals surface area contributed by atoms with Crippen LogP contribution in [0.1, 0.15) is 21.5 Å². The Hall–Kier alpha value is -3.61. The molecule has 0 saturated carbocycles. The Morgan fingerprint density at radius 3 is 2.46 bits per heavy atom. The van der Waals surface area contributed by atoms with Gasteiger partial charge in [0.15, 0.2) is 27.3 Å². The Morgan fingerprint density at radius 2 is 1.80 bits per heavy atom. The summed E-state index contributed by atoms with van der Waals surface area (Å²) in [5.41, 5.74) is -3.40. The molecule has 13 heteroatoms. The van der Waals surface area contributed by atoms with Gasteiger partial charge in [-0.25, -0.2) is 21.6 Å². The number of halogens is 6. The number of hydrogen-bond donors (Lipinski definition) is 1. The van der Waals surface area contributed by atoms with E-state index in [0.717, 1.165) is 23.1 Å².